The van der Waals surface area contributed by atoms with Crippen LogP contribution in [0.5, 0.6) is 28.7 Å². The van der Waals surface area contributed by atoms with E-state index in [0.29, 0.717) is 29.2 Å². The summed E-state index contributed by atoms with van der Waals surface area (Å²) in [7, 11) is -7.25. The van der Waals surface area contributed by atoms with E-state index in [4.69, 9.17) is 14.5 Å². The second-order valence-corrected chi connectivity index (χ2v) is 22.4. The summed E-state index contributed by atoms with van der Waals surface area (Å²) in [5.41, 5.74) is -1.51. The minimum atomic E-state index is -5.17. The van der Waals surface area contributed by atoms with Crippen LogP contribution in [0.15, 0.2) is 169 Å². The number of aromatic nitrogens is 2. The summed E-state index contributed by atoms with van der Waals surface area (Å²) in [5, 5.41) is 8.41. The maximum atomic E-state index is 14.1. The Morgan fingerprint density at radius 1 is 0.447 bits per heavy atom. The minimum Gasteiger partial charge on any atom is -0.537 e. The summed E-state index contributed by atoms with van der Waals surface area (Å²) in [6.07, 6.45) is -8.98. The first kappa shape index (κ1) is 74.4. The molecule has 0 bridgehead atoms. The second kappa shape index (κ2) is 29.3. The average molecular weight is 1470 g/mol. The van der Waals surface area contributed by atoms with E-state index in [2.05, 4.69) is 29.0 Å². The Morgan fingerprint density at radius 3 is 1.24 bits per heavy atom. The lowest BCUT2D eigenvalue weighted by atomic mass is 10.0. The van der Waals surface area contributed by atoms with E-state index in [0.717, 1.165) is 71.3 Å². The first-order chi connectivity index (χ1) is 43.1. The molecule has 0 fully saturated rings. The molecule has 8 aromatic carbocycles. The lowest BCUT2D eigenvalue weighted by molar-refractivity contribution is -0.138. The number of rotatable bonds is 13. The number of ether oxygens (including phenoxy) is 2. The van der Waals surface area contributed by atoms with E-state index in [1.165, 1.54) is 79.5 Å². The minimum absolute atomic E-state index is 0. The Labute approximate surface area is 534 Å². The zero-order chi connectivity index (χ0) is 67.7. The van der Waals surface area contributed by atoms with Crippen molar-refractivity contribution >= 4 is 85.5 Å². The summed E-state index contributed by atoms with van der Waals surface area (Å²) in [5.74, 6) is -28.1. The van der Waals surface area contributed by atoms with Crippen molar-refractivity contribution in [1.82, 2.24) is 9.13 Å². The fourth-order valence-corrected chi connectivity index (χ4v) is 10.7. The molecule has 2 unspecified atom stereocenters. The molecule has 0 aliphatic carbocycles. The van der Waals surface area contributed by atoms with Gasteiger partial charge in [0.25, 0.3) is 11.1 Å². The van der Waals surface area contributed by atoms with Crippen molar-refractivity contribution in [3.05, 3.63) is 240 Å². The van der Waals surface area contributed by atoms with Gasteiger partial charge in [-0.2, -0.15) is 80.5 Å². The maximum absolute atomic E-state index is 14.1. The molecule has 0 aliphatic rings. The lowest BCUT2D eigenvalue weighted by Gasteiger charge is -2.16. The predicted octanol–water partition coefficient (Wildman–Crippen LogP) is 14.1. The van der Waals surface area contributed by atoms with Crippen molar-refractivity contribution in [2.75, 3.05) is 14.2 Å². The molecule has 94 heavy (non-hydrogen) atoms. The Morgan fingerprint density at radius 2 is 0.830 bits per heavy atom. The first-order valence-electron chi connectivity index (χ1n) is 24.9. The van der Waals surface area contributed by atoms with E-state index >= 15 is 0 Å². The normalized spacial score (nSPS) is 11.5. The molecule has 36 heteroatoms. The Bertz CT molecular complexity index is 4880. The topological polar surface area (TPSA) is 179 Å². The largest absolute Gasteiger partial charge is 0.569 e. The van der Waals surface area contributed by atoms with E-state index in [9.17, 15) is 96.7 Å². The highest BCUT2D eigenvalue weighted by molar-refractivity contribution is 9.10. The number of fused-ring (bicyclic) bond motifs is 2. The van der Waals surface area contributed by atoms with Crippen LogP contribution in [0.1, 0.15) is 11.1 Å². The molecule has 2 atom stereocenters. The molecule has 14 nitrogen and oxygen atoms in total. The molecule has 0 saturated carbocycles. The van der Waals surface area contributed by atoms with Gasteiger partial charge in [0.1, 0.15) is 27.0 Å². The molecule has 10 aromatic rings. The second-order valence-electron chi connectivity index (χ2n) is 18.4. The van der Waals surface area contributed by atoms with Gasteiger partial charge in [-0.25, -0.2) is 26.3 Å². The zero-order valence-corrected chi connectivity index (χ0v) is 53.0. The molecule has 10 rings (SSSR count). The van der Waals surface area contributed by atoms with Crippen LogP contribution in [0.2, 0.25) is 0 Å². The van der Waals surface area contributed by atoms with Crippen LogP contribution in [-0.2, 0) is 32.6 Å². The van der Waals surface area contributed by atoms with Crippen molar-refractivity contribution in [3.63, 3.8) is 0 Å². The number of halogens is 17. The molecule has 0 saturated heterocycles. The highest BCUT2D eigenvalue weighted by Crippen LogP contribution is 2.39. The van der Waals surface area contributed by atoms with Crippen LogP contribution in [0.25, 0.3) is 44.3 Å². The van der Waals surface area contributed by atoms with Crippen molar-refractivity contribution in [3.8, 4) is 51.2 Å². The van der Waals surface area contributed by atoms with Crippen molar-refractivity contribution in [1.29, 1.82) is 0 Å². The fraction of sp³-hybridized carbons (Fsp3) is 0.0690. The standard InChI is InChI=1S/C29H15F8NO5S.C22H11BrF5NO5S.C7H5BF3O2.2H3P/c1-42-21-13-15(14-3-2-4-17(11-14)29(35,36)37)5-8-20(21)38-19-9-7-18(12-16(19)6-10-22(38)39)44(40,41)43-28-26(33)24(31)23(30)25(32)27(28)34;1-33-15-9-11(23)3-5-14(15)29-13-6-4-12(8-10(13)2-7-16(29)30)35(31,32)34-22-20(27)18(25)17(24)19(26)21(22)28;9-7(10,11)5-2-1-3-6(4-5)13-8-12;;/h2-13H,1H3;2-9H,1H3;1-4,12H;2*1H3. The summed E-state index contributed by atoms with van der Waals surface area (Å²) in [6, 6.07) is 28.6. The van der Waals surface area contributed by atoms with E-state index < -0.39 is 134 Å². The van der Waals surface area contributed by atoms with Crippen LogP contribution in [0.4, 0.5) is 70.2 Å². The molecular formula is C58H37BBrF16N2O12P2S2. The van der Waals surface area contributed by atoms with E-state index in [1.54, 1.807) is 18.2 Å². The first-order valence-corrected chi connectivity index (χ1v) is 28.5. The van der Waals surface area contributed by atoms with Gasteiger partial charge in [-0.15, -0.1) is 0 Å². The third-order valence-corrected chi connectivity index (χ3v) is 15.6. The zero-order valence-electron chi connectivity index (χ0n) is 46.9. The number of nitrogens with zero attached hydrogens (tertiary/aromatic N) is 2. The summed E-state index contributed by atoms with van der Waals surface area (Å²) < 4.78 is 290. The number of alkyl halides is 6. The monoisotopic (exact) mass is 1470 g/mol. The van der Waals surface area contributed by atoms with Gasteiger partial charge >= 0.3 is 40.3 Å². The van der Waals surface area contributed by atoms with Crippen LogP contribution in [0, 0.1) is 58.2 Å². The smallest absolute Gasteiger partial charge is 0.537 e. The van der Waals surface area contributed by atoms with Gasteiger partial charge in [0, 0.05) is 27.4 Å². The molecule has 1 radical (unpaired) electrons. The molecule has 2 heterocycles. The Kier molecular flexibility index (Phi) is 23.2. The van der Waals surface area contributed by atoms with E-state index in [-0.39, 0.29) is 64.4 Å². The van der Waals surface area contributed by atoms with Crippen LogP contribution in [-0.4, -0.2) is 52.9 Å². The van der Waals surface area contributed by atoms with Gasteiger partial charge in [0.2, 0.25) is 69.7 Å². The Balaban J connectivity index is 0.000000250. The fourth-order valence-electron chi connectivity index (χ4n) is 8.45. The molecular weight excluding hydrogens is 1440 g/mol. The molecule has 0 aliphatic heterocycles. The number of hydrogen-bond donors (Lipinski definition) is 1. The van der Waals surface area contributed by atoms with Gasteiger partial charge < -0.3 is 27.5 Å². The maximum Gasteiger partial charge on any atom is 0.569 e. The molecule has 0 amide bonds. The number of hydrogen-bond acceptors (Lipinski definition) is 12. The van der Waals surface area contributed by atoms with E-state index in [1.807, 2.05) is 0 Å². The van der Waals surface area contributed by atoms with Crippen molar-refractivity contribution in [2.24, 2.45) is 0 Å². The lowest BCUT2D eigenvalue weighted by Crippen LogP contribution is -2.19. The van der Waals surface area contributed by atoms with Crippen LogP contribution >= 0.6 is 35.7 Å². The highest BCUT2D eigenvalue weighted by atomic mass is 79.9. The number of benzene rings is 8. The Hall–Kier alpha value is -8.68. The quantitative estimate of drug-likeness (QED) is 0.0289. The van der Waals surface area contributed by atoms with Crippen LogP contribution < -0.4 is 33.6 Å². The van der Waals surface area contributed by atoms with Gasteiger partial charge in [-0.05, 0) is 120 Å². The third-order valence-electron chi connectivity index (χ3n) is 12.7. The van der Waals surface area contributed by atoms with Gasteiger partial charge in [0.15, 0.2) is 0 Å². The third kappa shape index (κ3) is 15.6. The number of pyridine rings is 2. The summed E-state index contributed by atoms with van der Waals surface area (Å²) in [6.45, 7) is 0. The van der Waals surface area contributed by atoms with Gasteiger partial charge in [-0.3, -0.25) is 18.7 Å². The molecule has 0 spiro atoms. The molecule has 1 N–H and O–H groups in total. The highest BCUT2D eigenvalue weighted by Gasteiger charge is 2.35. The predicted molar refractivity (Wildman–Crippen MR) is 321 cm³/mol. The molecule has 495 valence electrons. The van der Waals surface area contributed by atoms with Crippen LogP contribution in [0.3, 0.4) is 0 Å². The summed E-state index contributed by atoms with van der Waals surface area (Å²) >= 11 is 3.29. The molecule has 2 aromatic heterocycles. The van der Waals surface area contributed by atoms with Crippen molar-refractivity contribution in [2.45, 2.75) is 22.1 Å². The number of methoxy groups -OCH3 is 2. The van der Waals surface area contributed by atoms with Crippen molar-refractivity contribution < 1.29 is 115 Å². The average Bonchev–Trinajstić information content (AvgIpc) is 0.769. The van der Waals surface area contributed by atoms with Gasteiger partial charge in [-0.1, -0.05) is 40.2 Å². The SMILES string of the molecule is COc1cc(-c2cccc(C(F)(F)F)c2)ccc1-n1c(=O)ccc2cc(S(=O)(=O)Oc3c(F)c(F)c(F)c(F)c3F)ccc21.COc1cc(Br)ccc1-n1c(=O)ccc2cc(S(=O)(=O)Oc3c(F)c(F)c(F)c(F)c3F)ccc21.O[B]Oc1cccc(C(F)(F)F)c1.P.P. The summed E-state index contributed by atoms with van der Waals surface area (Å²) in [4.78, 5) is 24.2. The van der Waals surface area contributed by atoms with Gasteiger partial charge in [0.05, 0.1) is 47.8 Å².